The van der Waals surface area contributed by atoms with E-state index in [0.29, 0.717) is 4.99 Å². The lowest BCUT2D eigenvalue weighted by molar-refractivity contribution is 0.935. The molecule has 74 valence electrons. The highest BCUT2D eigenvalue weighted by Crippen LogP contribution is 2.21. The summed E-state index contributed by atoms with van der Waals surface area (Å²) in [6.07, 6.45) is 4.25. The third-order valence-electron chi connectivity index (χ3n) is 2.46. The fourth-order valence-corrected chi connectivity index (χ4v) is 1.93. The van der Waals surface area contributed by atoms with E-state index >= 15 is 0 Å². The fourth-order valence-electron chi connectivity index (χ4n) is 1.77. The Balaban J connectivity index is 2.35. The van der Waals surface area contributed by atoms with Crippen molar-refractivity contribution in [1.29, 1.82) is 0 Å². The summed E-state index contributed by atoms with van der Waals surface area (Å²) in [5.41, 5.74) is 6.54. The Labute approximate surface area is 88.9 Å². The summed E-state index contributed by atoms with van der Waals surface area (Å²) in [6, 6.07) is 3.80. The molecule has 2 N–H and O–H groups in total. The average molecular weight is 207 g/mol. The van der Waals surface area contributed by atoms with Crippen LogP contribution in [0.2, 0.25) is 0 Å². The van der Waals surface area contributed by atoms with Gasteiger partial charge in [-0.05, 0) is 25.0 Å². The van der Waals surface area contributed by atoms with Crippen molar-refractivity contribution in [3.8, 4) is 0 Å². The van der Waals surface area contributed by atoms with Crippen molar-refractivity contribution in [3.63, 3.8) is 0 Å². The molecule has 0 aromatic carbocycles. The Morgan fingerprint density at radius 3 is 2.79 bits per heavy atom. The van der Waals surface area contributed by atoms with Crippen LogP contribution in [0.15, 0.2) is 18.3 Å². The molecule has 1 aromatic heterocycles. The SMILES string of the molecule is NC(=S)c1cccnc1N1CCCC1. The zero-order chi connectivity index (χ0) is 9.97. The van der Waals surface area contributed by atoms with Crippen LogP contribution in [-0.2, 0) is 0 Å². The molecule has 0 amide bonds. The van der Waals surface area contributed by atoms with Crippen molar-refractivity contribution in [2.75, 3.05) is 18.0 Å². The van der Waals surface area contributed by atoms with E-state index in [1.54, 1.807) is 6.20 Å². The second-order valence-corrected chi connectivity index (χ2v) is 3.87. The number of thiocarbonyl (C=S) groups is 1. The molecule has 4 heteroatoms. The summed E-state index contributed by atoms with van der Waals surface area (Å²) in [5.74, 6) is 0.942. The summed E-state index contributed by atoms with van der Waals surface area (Å²) in [4.78, 5) is 7.02. The first-order valence-corrected chi connectivity index (χ1v) is 5.19. The van der Waals surface area contributed by atoms with Gasteiger partial charge in [-0.2, -0.15) is 0 Å². The van der Waals surface area contributed by atoms with Crippen LogP contribution >= 0.6 is 12.2 Å². The van der Waals surface area contributed by atoms with Crippen molar-refractivity contribution in [2.45, 2.75) is 12.8 Å². The number of aromatic nitrogens is 1. The Morgan fingerprint density at radius 2 is 2.14 bits per heavy atom. The summed E-state index contributed by atoms with van der Waals surface area (Å²) < 4.78 is 0. The highest BCUT2D eigenvalue weighted by molar-refractivity contribution is 7.80. The normalized spacial score (nSPS) is 15.9. The molecule has 1 fully saturated rings. The zero-order valence-corrected chi connectivity index (χ0v) is 8.76. The van der Waals surface area contributed by atoms with Gasteiger partial charge in [0.1, 0.15) is 10.8 Å². The van der Waals surface area contributed by atoms with E-state index in [0.717, 1.165) is 24.5 Å². The molecule has 2 rings (SSSR count). The Hall–Kier alpha value is -1.16. The zero-order valence-electron chi connectivity index (χ0n) is 7.94. The van der Waals surface area contributed by atoms with E-state index in [9.17, 15) is 0 Å². The van der Waals surface area contributed by atoms with Gasteiger partial charge >= 0.3 is 0 Å². The van der Waals surface area contributed by atoms with Crippen molar-refractivity contribution in [1.82, 2.24) is 4.98 Å². The summed E-state index contributed by atoms with van der Waals surface area (Å²) >= 11 is 5.00. The number of nitrogens with two attached hydrogens (primary N) is 1. The van der Waals surface area contributed by atoms with Gasteiger partial charge < -0.3 is 10.6 Å². The molecule has 0 unspecified atom stereocenters. The maximum Gasteiger partial charge on any atom is 0.138 e. The minimum atomic E-state index is 0.431. The number of rotatable bonds is 2. The van der Waals surface area contributed by atoms with E-state index < -0.39 is 0 Å². The van der Waals surface area contributed by atoms with Crippen LogP contribution in [0.1, 0.15) is 18.4 Å². The van der Waals surface area contributed by atoms with Gasteiger partial charge in [0.2, 0.25) is 0 Å². The second-order valence-electron chi connectivity index (χ2n) is 3.43. The second kappa shape index (κ2) is 3.92. The highest BCUT2D eigenvalue weighted by Gasteiger charge is 2.17. The number of pyridine rings is 1. The van der Waals surface area contributed by atoms with Gasteiger partial charge in [-0.3, -0.25) is 0 Å². The molecule has 1 aliphatic rings. The molecule has 0 spiro atoms. The van der Waals surface area contributed by atoms with Crippen LogP contribution in [0.4, 0.5) is 5.82 Å². The molecule has 1 aromatic rings. The summed E-state index contributed by atoms with van der Waals surface area (Å²) in [7, 11) is 0. The van der Waals surface area contributed by atoms with Crippen molar-refractivity contribution >= 4 is 23.0 Å². The largest absolute Gasteiger partial charge is 0.389 e. The van der Waals surface area contributed by atoms with E-state index in [2.05, 4.69) is 9.88 Å². The van der Waals surface area contributed by atoms with Crippen LogP contribution in [0.3, 0.4) is 0 Å². The molecule has 0 radical (unpaired) electrons. The number of nitrogens with zero attached hydrogens (tertiary/aromatic N) is 2. The lowest BCUT2D eigenvalue weighted by Gasteiger charge is -2.18. The van der Waals surface area contributed by atoms with Crippen molar-refractivity contribution in [3.05, 3.63) is 23.9 Å². The third-order valence-corrected chi connectivity index (χ3v) is 2.68. The van der Waals surface area contributed by atoms with Gasteiger partial charge in [0.15, 0.2) is 0 Å². The van der Waals surface area contributed by atoms with Gasteiger partial charge in [0.25, 0.3) is 0 Å². The molecule has 14 heavy (non-hydrogen) atoms. The predicted molar refractivity (Wildman–Crippen MR) is 61.6 cm³/mol. The lowest BCUT2D eigenvalue weighted by Crippen LogP contribution is -2.23. The maximum absolute atomic E-state index is 5.65. The quantitative estimate of drug-likeness (QED) is 0.743. The monoisotopic (exact) mass is 207 g/mol. The molecule has 1 saturated heterocycles. The molecule has 2 heterocycles. The van der Waals surface area contributed by atoms with Gasteiger partial charge in [-0.25, -0.2) is 4.98 Å². The molecule has 0 aliphatic carbocycles. The van der Waals surface area contributed by atoms with Crippen LogP contribution in [-0.4, -0.2) is 23.1 Å². The number of hydrogen-bond donors (Lipinski definition) is 1. The lowest BCUT2D eigenvalue weighted by atomic mass is 10.2. The van der Waals surface area contributed by atoms with Crippen LogP contribution in [0.5, 0.6) is 0 Å². The van der Waals surface area contributed by atoms with Gasteiger partial charge in [-0.1, -0.05) is 12.2 Å². The number of hydrogen-bond acceptors (Lipinski definition) is 3. The third kappa shape index (κ3) is 1.70. The predicted octanol–water partition coefficient (Wildman–Crippen LogP) is 1.32. The molecule has 1 aliphatic heterocycles. The van der Waals surface area contributed by atoms with E-state index in [1.807, 2.05) is 12.1 Å². The fraction of sp³-hybridized carbons (Fsp3) is 0.400. The first-order chi connectivity index (χ1) is 6.79. The maximum atomic E-state index is 5.65. The number of anilines is 1. The minimum absolute atomic E-state index is 0.431. The van der Waals surface area contributed by atoms with Crippen LogP contribution in [0, 0.1) is 0 Å². The topological polar surface area (TPSA) is 42.1 Å². The van der Waals surface area contributed by atoms with Gasteiger partial charge in [0.05, 0.1) is 5.56 Å². The van der Waals surface area contributed by atoms with E-state index in [-0.39, 0.29) is 0 Å². The first-order valence-electron chi connectivity index (χ1n) is 4.79. The molecule has 3 nitrogen and oxygen atoms in total. The Kier molecular flexibility index (Phi) is 2.63. The summed E-state index contributed by atoms with van der Waals surface area (Å²) in [5, 5.41) is 0. The molecular weight excluding hydrogens is 194 g/mol. The molecule has 0 atom stereocenters. The first kappa shape index (κ1) is 9.40. The minimum Gasteiger partial charge on any atom is -0.389 e. The standard InChI is InChI=1S/C10H13N3S/c11-9(14)8-4-3-5-12-10(8)13-6-1-2-7-13/h3-5H,1-2,6-7H2,(H2,11,14). The Morgan fingerprint density at radius 1 is 1.43 bits per heavy atom. The van der Waals surface area contributed by atoms with Crippen molar-refractivity contribution in [2.24, 2.45) is 5.73 Å². The van der Waals surface area contributed by atoms with Crippen LogP contribution < -0.4 is 10.6 Å². The smallest absolute Gasteiger partial charge is 0.138 e. The van der Waals surface area contributed by atoms with Crippen LogP contribution in [0.25, 0.3) is 0 Å². The summed E-state index contributed by atoms with van der Waals surface area (Å²) in [6.45, 7) is 2.12. The molecule has 0 bridgehead atoms. The van der Waals surface area contributed by atoms with Crippen molar-refractivity contribution < 1.29 is 0 Å². The highest BCUT2D eigenvalue weighted by atomic mass is 32.1. The van der Waals surface area contributed by atoms with Gasteiger partial charge in [0, 0.05) is 19.3 Å². The van der Waals surface area contributed by atoms with E-state index in [1.165, 1.54) is 12.8 Å². The molecular formula is C10H13N3S. The average Bonchev–Trinajstić information content (AvgIpc) is 2.70. The Bertz CT molecular complexity index is 345. The van der Waals surface area contributed by atoms with E-state index in [4.69, 9.17) is 18.0 Å². The van der Waals surface area contributed by atoms with Gasteiger partial charge in [-0.15, -0.1) is 0 Å². The molecule has 0 saturated carbocycles.